The third-order valence-electron chi connectivity index (χ3n) is 4.57. The van der Waals surface area contributed by atoms with Gasteiger partial charge in [0.2, 0.25) is 0 Å². The van der Waals surface area contributed by atoms with Crippen molar-refractivity contribution in [2.24, 2.45) is 0 Å². The molecule has 3 heteroatoms. The van der Waals surface area contributed by atoms with Gasteiger partial charge in [0.1, 0.15) is 0 Å². The molecule has 3 nitrogen and oxygen atoms in total. The number of carbonyl (C=O) groups is 2. The molecule has 0 saturated carbocycles. The first-order valence-electron chi connectivity index (χ1n) is 10.6. The minimum atomic E-state index is -0.676. The molecule has 0 heterocycles. The highest BCUT2D eigenvalue weighted by molar-refractivity contribution is 5.87. The maximum Gasteiger partial charge on any atom is 0.303 e. The van der Waals surface area contributed by atoms with E-state index in [4.69, 9.17) is 5.11 Å². The van der Waals surface area contributed by atoms with Crippen LogP contribution in [-0.4, -0.2) is 16.9 Å². The van der Waals surface area contributed by atoms with E-state index in [1.54, 1.807) is 13.0 Å². The Kier molecular flexibility index (Phi) is 17.4. The van der Waals surface area contributed by atoms with Crippen molar-refractivity contribution in [1.29, 1.82) is 0 Å². The standard InChI is InChI=1S/C23H40O3/c1-21(20-22(2)24)18-16-14-12-10-8-6-4-3-5-7-9-11-13-15-17-19-23(25)26/h3,5,20H,4,6-19H2,1-2H3,(H,25,26)/b5-3-,21-20-. The molecular formula is C23H40O3. The molecule has 0 aromatic heterocycles. The van der Waals surface area contributed by atoms with E-state index in [0.717, 1.165) is 32.1 Å². The van der Waals surface area contributed by atoms with Crippen LogP contribution in [0.3, 0.4) is 0 Å². The predicted octanol–water partition coefficient (Wildman–Crippen LogP) is 7.01. The summed E-state index contributed by atoms with van der Waals surface area (Å²) in [5, 5.41) is 8.55. The van der Waals surface area contributed by atoms with Crippen molar-refractivity contribution in [2.75, 3.05) is 0 Å². The molecule has 0 amide bonds. The zero-order chi connectivity index (χ0) is 19.5. The van der Waals surface area contributed by atoms with Crippen molar-refractivity contribution in [3.05, 3.63) is 23.8 Å². The number of unbranched alkanes of at least 4 members (excludes halogenated alkanes) is 11. The van der Waals surface area contributed by atoms with Gasteiger partial charge in [0.25, 0.3) is 0 Å². The van der Waals surface area contributed by atoms with E-state index in [1.165, 1.54) is 63.4 Å². The van der Waals surface area contributed by atoms with Crippen molar-refractivity contribution in [1.82, 2.24) is 0 Å². The van der Waals surface area contributed by atoms with Gasteiger partial charge < -0.3 is 5.11 Å². The first kappa shape index (κ1) is 24.6. The number of hydrogen-bond acceptors (Lipinski definition) is 2. The van der Waals surface area contributed by atoms with Gasteiger partial charge in [0, 0.05) is 6.42 Å². The van der Waals surface area contributed by atoms with Crippen molar-refractivity contribution < 1.29 is 14.7 Å². The van der Waals surface area contributed by atoms with Gasteiger partial charge in [-0.1, -0.05) is 62.7 Å². The molecule has 0 radical (unpaired) electrons. The van der Waals surface area contributed by atoms with Crippen LogP contribution in [0.5, 0.6) is 0 Å². The Morgan fingerprint density at radius 1 is 0.654 bits per heavy atom. The smallest absolute Gasteiger partial charge is 0.303 e. The van der Waals surface area contributed by atoms with Crippen LogP contribution in [0.2, 0.25) is 0 Å². The van der Waals surface area contributed by atoms with Crippen LogP contribution in [0.1, 0.15) is 110 Å². The second-order valence-electron chi connectivity index (χ2n) is 7.43. The summed E-state index contributed by atoms with van der Waals surface area (Å²) >= 11 is 0. The minimum Gasteiger partial charge on any atom is -0.481 e. The number of carboxylic acid groups (broad SMARTS) is 1. The third kappa shape index (κ3) is 20.7. The van der Waals surface area contributed by atoms with Gasteiger partial charge in [-0.15, -0.1) is 0 Å². The number of aliphatic carboxylic acids is 1. The van der Waals surface area contributed by atoms with Crippen molar-refractivity contribution in [2.45, 2.75) is 110 Å². The number of rotatable bonds is 18. The maximum atomic E-state index is 10.9. The van der Waals surface area contributed by atoms with Crippen LogP contribution in [0.15, 0.2) is 23.8 Å². The summed E-state index contributed by atoms with van der Waals surface area (Å²) < 4.78 is 0. The Morgan fingerprint density at radius 3 is 1.54 bits per heavy atom. The average molecular weight is 365 g/mol. The van der Waals surface area contributed by atoms with E-state index in [2.05, 4.69) is 12.2 Å². The number of carboxylic acids is 1. The van der Waals surface area contributed by atoms with Crippen molar-refractivity contribution >= 4 is 11.8 Å². The summed E-state index contributed by atoms with van der Waals surface area (Å²) in [5.74, 6) is -0.517. The van der Waals surface area contributed by atoms with Gasteiger partial charge in [-0.05, 0) is 64.9 Å². The molecule has 0 aliphatic carbocycles. The van der Waals surface area contributed by atoms with E-state index in [0.29, 0.717) is 6.42 Å². The molecule has 0 rings (SSSR count). The summed E-state index contributed by atoms with van der Waals surface area (Å²) in [6, 6.07) is 0. The zero-order valence-electron chi connectivity index (χ0n) is 17.1. The summed E-state index contributed by atoms with van der Waals surface area (Å²) in [5.41, 5.74) is 1.21. The lowest BCUT2D eigenvalue weighted by molar-refractivity contribution is -0.137. The molecule has 0 unspecified atom stereocenters. The third-order valence-corrected chi connectivity index (χ3v) is 4.57. The second kappa shape index (κ2) is 18.4. The molecule has 0 aliphatic rings. The van der Waals surface area contributed by atoms with Gasteiger partial charge >= 0.3 is 5.97 Å². The van der Waals surface area contributed by atoms with Gasteiger partial charge in [0.05, 0.1) is 0 Å². The predicted molar refractivity (Wildman–Crippen MR) is 110 cm³/mol. The van der Waals surface area contributed by atoms with Crippen LogP contribution in [0.4, 0.5) is 0 Å². The lowest BCUT2D eigenvalue weighted by Gasteiger charge is -2.02. The topological polar surface area (TPSA) is 54.4 Å². The molecule has 0 aliphatic heterocycles. The van der Waals surface area contributed by atoms with Gasteiger partial charge in [-0.3, -0.25) is 9.59 Å². The average Bonchev–Trinajstić information content (AvgIpc) is 2.56. The Labute approximate surface area is 161 Å². The fourth-order valence-corrected chi connectivity index (χ4v) is 3.10. The highest BCUT2D eigenvalue weighted by Gasteiger charge is 1.96. The van der Waals surface area contributed by atoms with E-state index in [1.807, 2.05) is 6.92 Å². The van der Waals surface area contributed by atoms with Crippen molar-refractivity contribution in [3.8, 4) is 0 Å². The number of allylic oxidation sites excluding steroid dienone is 4. The Hall–Kier alpha value is -1.38. The summed E-state index contributed by atoms with van der Waals surface area (Å²) in [6.07, 6.45) is 23.3. The number of hydrogen-bond donors (Lipinski definition) is 1. The molecule has 0 saturated heterocycles. The SMILES string of the molecule is CC(=O)/C=C(/C)CCCCCCCC/C=C\CCCCCCCC(=O)O. The summed E-state index contributed by atoms with van der Waals surface area (Å²) in [7, 11) is 0. The Morgan fingerprint density at radius 2 is 1.08 bits per heavy atom. The van der Waals surface area contributed by atoms with Crippen LogP contribution < -0.4 is 0 Å². The maximum absolute atomic E-state index is 10.9. The number of carbonyl (C=O) groups excluding carboxylic acids is 1. The second-order valence-corrected chi connectivity index (χ2v) is 7.43. The van der Waals surface area contributed by atoms with E-state index < -0.39 is 5.97 Å². The molecule has 0 spiro atoms. The molecule has 1 N–H and O–H groups in total. The van der Waals surface area contributed by atoms with Gasteiger partial charge in [0.15, 0.2) is 5.78 Å². The number of ketones is 1. The van der Waals surface area contributed by atoms with Gasteiger partial charge in [-0.2, -0.15) is 0 Å². The molecule has 0 bridgehead atoms. The highest BCUT2D eigenvalue weighted by atomic mass is 16.4. The fourth-order valence-electron chi connectivity index (χ4n) is 3.10. The first-order valence-corrected chi connectivity index (χ1v) is 10.6. The molecule has 0 aromatic rings. The summed E-state index contributed by atoms with van der Waals surface area (Å²) in [4.78, 5) is 21.3. The molecular weight excluding hydrogens is 324 g/mol. The lowest BCUT2D eigenvalue weighted by atomic mass is 10.0. The normalized spacial score (nSPS) is 12.0. The summed E-state index contributed by atoms with van der Waals surface area (Å²) in [6.45, 7) is 3.66. The molecule has 0 aromatic carbocycles. The zero-order valence-corrected chi connectivity index (χ0v) is 17.1. The minimum absolute atomic E-state index is 0.159. The molecule has 26 heavy (non-hydrogen) atoms. The van der Waals surface area contributed by atoms with E-state index in [-0.39, 0.29) is 5.78 Å². The van der Waals surface area contributed by atoms with E-state index in [9.17, 15) is 9.59 Å². The van der Waals surface area contributed by atoms with E-state index >= 15 is 0 Å². The monoisotopic (exact) mass is 364 g/mol. The Bertz CT molecular complexity index is 421. The molecule has 150 valence electrons. The Balaban J connectivity index is 3.24. The lowest BCUT2D eigenvalue weighted by Crippen LogP contribution is -1.93. The first-order chi connectivity index (χ1) is 12.5. The van der Waals surface area contributed by atoms with Crippen molar-refractivity contribution in [3.63, 3.8) is 0 Å². The van der Waals surface area contributed by atoms with Gasteiger partial charge in [-0.25, -0.2) is 0 Å². The van der Waals surface area contributed by atoms with Crippen LogP contribution in [0, 0.1) is 0 Å². The highest BCUT2D eigenvalue weighted by Crippen LogP contribution is 2.13. The quantitative estimate of drug-likeness (QED) is 0.162. The molecule has 0 atom stereocenters. The van der Waals surface area contributed by atoms with Crippen LogP contribution >= 0.6 is 0 Å². The fraction of sp³-hybridized carbons (Fsp3) is 0.739. The largest absolute Gasteiger partial charge is 0.481 e. The molecule has 0 fully saturated rings. The van der Waals surface area contributed by atoms with Crippen LogP contribution in [0.25, 0.3) is 0 Å². The van der Waals surface area contributed by atoms with Crippen LogP contribution in [-0.2, 0) is 9.59 Å².